The summed E-state index contributed by atoms with van der Waals surface area (Å²) in [6.07, 6.45) is 0.755. The van der Waals surface area contributed by atoms with E-state index in [1.165, 1.54) is 0 Å². The minimum Gasteiger partial charge on any atom is -0.486 e. The zero-order valence-corrected chi connectivity index (χ0v) is 13.4. The van der Waals surface area contributed by atoms with E-state index in [1.807, 2.05) is 38.1 Å². The molecule has 0 spiro atoms. The van der Waals surface area contributed by atoms with Crippen LogP contribution in [-0.2, 0) is 4.79 Å². The zero-order chi connectivity index (χ0) is 15.7. The molecule has 1 unspecified atom stereocenters. The monoisotopic (exact) mass is 305 g/mol. The van der Waals surface area contributed by atoms with Gasteiger partial charge in [-0.3, -0.25) is 4.79 Å². The predicted octanol–water partition coefficient (Wildman–Crippen LogP) is 1.56. The first-order valence-electron chi connectivity index (χ1n) is 7.76. The summed E-state index contributed by atoms with van der Waals surface area (Å²) in [5.41, 5.74) is 1.82. The summed E-state index contributed by atoms with van der Waals surface area (Å²) in [4.78, 5) is 16.6. The molecule has 0 saturated carbocycles. The second-order valence-electron chi connectivity index (χ2n) is 5.91. The van der Waals surface area contributed by atoms with Gasteiger partial charge < -0.3 is 24.6 Å². The number of benzene rings is 1. The molecular weight excluding hydrogens is 282 g/mol. The highest BCUT2D eigenvalue weighted by Crippen LogP contribution is 2.42. The normalized spacial score (nSPS) is 19.9. The highest BCUT2D eigenvalue weighted by molar-refractivity contribution is 6.05. The maximum absolute atomic E-state index is 12.7. The molecule has 2 aliphatic heterocycles. The number of hydrogen-bond donors (Lipinski definition) is 1. The maximum Gasteiger partial charge on any atom is 0.249 e. The molecule has 2 aliphatic rings. The summed E-state index contributed by atoms with van der Waals surface area (Å²) in [5, 5.41) is 3.32. The summed E-state index contributed by atoms with van der Waals surface area (Å²) >= 11 is 0. The fourth-order valence-corrected chi connectivity index (χ4v) is 2.78. The smallest absolute Gasteiger partial charge is 0.249 e. The molecule has 1 N–H and O–H groups in total. The lowest BCUT2D eigenvalue weighted by atomic mass is 10.1. The predicted molar refractivity (Wildman–Crippen MR) is 86.0 cm³/mol. The Balaban J connectivity index is 1.97. The number of nitrogens with zero attached hydrogens (tertiary/aromatic N) is 2. The highest BCUT2D eigenvalue weighted by Gasteiger charge is 2.33. The van der Waals surface area contributed by atoms with Gasteiger partial charge in [-0.1, -0.05) is 6.92 Å². The first-order chi connectivity index (χ1) is 10.6. The molecule has 0 aromatic heterocycles. The molecule has 1 atom stereocenters. The number of nitrogens with one attached hydrogen (secondary N) is 1. The fourth-order valence-electron chi connectivity index (χ4n) is 2.78. The van der Waals surface area contributed by atoms with Crippen LogP contribution in [-0.4, -0.2) is 57.2 Å². The van der Waals surface area contributed by atoms with Crippen molar-refractivity contribution in [1.82, 2.24) is 4.90 Å². The third-order valence-electron chi connectivity index (χ3n) is 4.02. The molecule has 0 saturated heterocycles. The van der Waals surface area contributed by atoms with Gasteiger partial charge in [-0.25, -0.2) is 0 Å². The summed E-state index contributed by atoms with van der Waals surface area (Å²) in [6.45, 7) is 4.60. The van der Waals surface area contributed by atoms with E-state index in [9.17, 15) is 4.79 Å². The lowest BCUT2D eigenvalue weighted by molar-refractivity contribution is -0.119. The molecule has 0 bridgehead atoms. The van der Waals surface area contributed by atoms with E-state index < -0.39 is 0 Å². The minimum absolute atomic E-state index is 0.119. The average Bonchev–Trinajstić information content (AvgIpc) is 2.51. The van der Waals surface area contributed by atoms with Crippen molar-refractivity contribution in [2.45, 2.75) is 19.4 Å². The molecule has 22 heavy (non-hydrogen) atoms. The van der Waals surface area contributed by atoms with E-state index in [1.54, 1.807) is 0 Å². The zero-order valence-electron chi connectivity index (χ0n) is 13.4. The van der Waals surface area contributed by atoms with Crippen molar-refractivity contribution in [2.24, 2.45) is 0 Å². The van der Waals surface area contributed by atoms with E-state index in [4.69, 9.17) is 9.47 Å². The van der Waals surface area contributed by atoms with Crippen LogP contribution < -0.4 is 19.7 Å². The molecule has 0 fully saturated rings. The first-order valence-corrected chi connectivity index (χ1v) is 7.76. The van der Waals surface area contributed by atoms with E-state index in [0.29, 0.717) is 25.5 Å². The number of carbonyl (C=O) groups is 1. The molecule has 2 heterocycles. The number of fused-ring (bicyclic) bond motifs is 2. The van der Waals surface area contributed by atoms with Crippen LogP contribution in [0.3, 0.4) is 0 Å². The molecule has 1 aromatic carbocycles. The minimum atomic E-state index is -0.183. The maximum atomic E-state index is 12.7. The average molecular weight is 305 g/mol. The van der Waals surface area contributed by atoms with Crippen molar-refractivity contribution in [3.05, 3.63) is 12.1 Å². The van der Waals surface area contributed by atoms with E-state index in [-0.39, 0.29) is 11.9 Å². The van der Waals surface area contributed by atoms with Gasteiger partial charge in [0.15, 0.2) is 11.5 Å². The third-order valence-corrected chi connectivity index (χ3v) is 4.02. The first kappa shape index (κ1) is 15.0. The Bertz CT molecular complexity index is 574. The third kappa shape index (κ3) is 2.70. The van der Waals surface area contributed by atoms with Gasteiger partial charge in [0.05, 0.1) is 11.4 Å². The van der Waals surface area contributed by atoms with Crippen LogP contribution in [0.4, 0.5) is 11.4 Å². The quantitative estimate of drug-likeness (QED) is 0.915. The number of rotatable bonds is 4. The standard InChI is InChI=1S/C16H23N3O3/c1-4-11-16(20)19(6-5-18(2)3)13-10-15-14(9-12(13)17-11)21-7-8-22-15/h9-11,17H,4-8H2,1-3H3. The van der Waals surface area contributed by atoms with E-state index in [0.717, 1.165) is 30.1 Å². The van der Waals surface area contributed by atoms with E-state index >= 15 is 0 Å². The van der Waals surface area contributed by atoms with Gasteiger partial charge in [0.2, 0.25) is 5.91 Å². The summed E-state index contributed by atoms with van der Waals surface area (Å²) in [6, 6.07) is 3.68. The van der Waals surface area contributed by atoms with Gasteiger partial charge in [-0.2, -0.15) is 0 Å². The Morgan fingerprint density at radius 1 is 1.27 bits per heavy atom. The molecular formula is C16H23N3O3. The fraction of sp³-hybridized carbons (Fsp3) is 0.562. The molecule has 1 aromatic rings. The Hall–Kier alpha value is -1.95. The molecule has 0 aliphatic carbocycles. The van der Waals surface area contributed by atoms with Gasteiger partial charge in [-0.15, -0.1) is 0 Å². The highest BCUT2D eigenvalue weighted by atomic mass is 16.6. The van der Waals surface area contributed by atoms with Crippen LogP contribution in [0.1, 0.15) is 13.3 Å². The number of amides is 1. The molecule has 120 valence electrons. The topological polar surface area (TPSA) is 54.0 Å². The molecule has 6 nitrogen and oxygen atoms in total. The Morgan fingerprint density at radius 2 is 1.95 bits per heavy atom. The lowest BCUT2D eigenvalue weighted by Crippen LogP contribution is -2.49. The molecule has 1 amide bonds. The largest absolute Gasteiger partial charge is 0.486 e. The number of anilines is 2. The number of carbonyl (C=O) groups excluding carboxylic acids is 1. The van der Waals surface area contributed by atoms with Gasteiger partial charge in [0, 0.05) is 25.2 Å². The van der Waals surface area contributed by atoms with Crippen molar-refractivity contribution in [3.63, 3.8) is 0 Å². The van der Waals surface area contributed by atoms with Gasteiger partial charge in [-0.05, 0) is 20.5 Å². The van der Waals surface area contributed by atoms with Crippen LogP contribution in [0.5, 0.6) is 11.5 Å². The van der Waals surface area contributed by atoms with Crippen LogP contribution in [0.15, 0.2) is 12.1 Å². The summed E-state index contributed by atoms with van der Waals surface area (Å²) in [5.74, 6) is 1.58. The number of ether oxygens (including phenoxy) is 2. The van der Waals surface area contributed by atoms with E-state index in [2.05, 4.69) is 10.2 Å². The molecule has 3 rings (SSSR count). The number of hydrogen-bond acceptors (Lipinski definition) is 5. The van der Waals surface area contributed by atoms with Gasteiger partial charge >= 0.3 is 0 Å². The van der Waals surface area contributed by atoms with Crippen LogP contribution in [0.25, 0.3) is 0 Å². The number of likely N-dealkylation sites (N-methyl/N-ethyl adjacent to an activating group) is 1. The lowest BCUT2D eigenvalue weighted by Gasteiger charge is -2.36. The van der Waals surface area contributed by atoms with Crippen molar-refractivity contribution < 1.29 is 14.3 Å². The SMILES string of the molecule is CCC1Nc2cc3c(cc2N(CCN(C)C)C1=O)OCCO3. The molecule has 6 heteroatoms. The van der Waals surface area contributed by atoms with Crippen molar-refractivity contribution in [3.8, 4) is 11.5 Å². The van der Waals surface area contributed by atoms with Crippen LogP contribution in [0.2, 0.25) is 0 Å². The Morgan fingerprint density at radius 3 is 2.59 bits per heavy atom. The van der Waals surface area contributed by atoms with Crippen LogP contribution in [0, 0.1) is 0 Å². The second kappa shape index (κ2) is 6.04. The van der Waals surface area contributed by atoms with Gasteiger partial charge in [0.1, 0.15) is 19.3 Å². The Labute approximate surface area is 131 Å². The van der Waals surface area contributed by atoms with Crippen LogP contribution >= 0.6 is 0 Å². The molecule has 0 radical (unpaired) electrons. The second-order valence-corrected chi connectivity index (χ2v) is 5.91. The van der Waals surface area contributed by atoms with Gasteiger partial charge in [0.25, 0.3) is 0 Å². The Kier molecular flexibility index (Phi) is 4.11. The van der Waals surface area contributed by atoms with Crippen molar-refractivity contribution in [2.75, 3.05) is 50.6 Å². The van der Waals surface area contributed by atoms with Crippen molar-refractivity contribution >= 4 is 17.3 Å². The summed E-state index contributed by atoms with van der Waals surface area (Å²) < 4.78 is 11.3. The summed E-state index contributed by atoms with van der Waals surface area (Å²) in [7, 11) is 4.02. The van der Waals surface area contributed by atoms with Crippen molar-refractivity contribution in [1.29, 1.82) is 0 Å².